The van der Waals surface area contributed by atoms with Gasteiger partial charge in [-0.15, -0.1) is 0 Å². The monoisotopic (exact) mass is 241 g/mol. The summed E-state index contributed by atoms with van der Waals surface area (Å²) in [6, 6.07) is 0. The molecule has 1 heterocycles. The summed E-state index contributed by atoms with van der Waals surface area (Å²) in [5.41, 5.74) is 2.58. The van der Waals surface area contributed by atoms with Gasteiger partial charge in [-0.05, 0) is 24.7 Å². The molecule has 8 nitrogen and oxygen atoms in total. The first-order chi connectivity index (χ1) is 8.04. The summed E-state index contributed by atoms with van der Waals surface area (Å²) in [5, 5.41) is 14.4. The van der Waals surface area contributed by atoms with E-state index in [1.54, 1.807) is 13.1 Å². The first-order valence-electron chi connectivity index (χ1n) is 5.22. The molecular formula is C9H15N5O3. The van der Waals surface area contributed by atoms with E-state index < -0.39 is 4.92 Å². The highest BCUT2D eigenvalue weighted by molar-refractivity contribution is 5.74. The van der Waals surface area contributed by atoms with Crippen LogP contribution in [-0.4, -0.2) is 20.6 Å². The van der Waals surface area contributed by atoms with Crippen molar-refractivity contribution in [2.24, 2.45) is 5.84 Å². The lowest BCUT2D eigenvalue weighted by Crippen LogP contribution is -2.29. The maximum atomic E-state index is 10.8. The number of amides is 1. The average Bonchev–Trinajstić information content (AvgIpc) is 2.65. The molecule has 0 saturated heterocycles. The van der Waals surface area contributed by atoms with Gasteiger partial charge in [-0.1, -0.05) is 0 Å². The van der Waals surface area contributed by atoms with E-state index in [1.807, 2.05) is 5.43 Å². The smallest absolute Gasteiger partial charge is 0.358 e. The van der Waals surface area contributed by atoms with Crippen LogP contribution in [0.4, 0.5) is 5.82 Å². The van der Waals surface area contributed by atoms with Crippen molar-refractivity contribution in [1.29, 1.82) is 0 Å². The van der Waals surface area contributed by atoms with Crippen molar-refractivity contribution in [2.75, 3.05) is 0 Å². The molecule has 0 aliphatic heterocycles. The third kappa shape index (κ3) is 3.83. The maximum absolute atomic E-state index is 10.8. The van der Waals surface area contributed by atoms with Crippen molar-refractivity contribution in [1.82, 2.24) is 15.2 Å². The lowest BCUT2D eigenvalue weighted by Gasteiger charge is -1.98. The highest BCUT2D eigenvalue weighted by Crippen LogP contribution is 2.14. The number of aromatic nitrogens is 2. The van der Waals surface area contributed by atoms with Crippen LogP contribution in [0.5, 0.6) is 0 Å². The number of hydrogen-bond acceptors (Lipinski definition) is 5. The number of carbonyl (C=O) groups excluding carboxylic acids is 1. The van der Waals surface area contributed by atoms with Gasteiger partial charge in [0.2, 0.25) is 5.91 Å². The normalized spacial score (nSPS) is 10.2. The summed E-state index contributed by atoms with van der Waals surface area (Å²) in [6.45, 7) is 2.19. The number of nitrogens with two attached hydrogens (primary N) is 1. The number of unbranched alkanes of at least 4 members (excludes halogenated alkanes) is 1. The van der Waals surface area contributed by atoms with Crippen molar-refractivity contribution in [3.05, 3.63) is 21.9 Å². The molecule has 0 aliphatic carbocycles. The van der Waals surface area contributed by atoms with Crippen molar-refractivity contribution >= 4 is 11.7 Å². The SMILES string of the molecule is Cc1cn(CCCCC(=O)NN)nc1[N+](=O)[O-]. The van der Waals surface area contributed by atoms with E-state index in [0.29, 0.717) is 31.4 Å². The first-order valence-corrected chi connectivity index (χ1v) is 5.22. The van der Waals surface area contributed by atoms with Gasteiger partial charge in [0.15, 0.2) is 0 Å². The molecule has 0 radical (unpaired) electrons. The lowest BCUT2D eigenvalue weighted by molar-refractivity contribution is -0.390. The summed E-state index contributed by atoms with van der Waals surface area (Å²) in [4.78, 5) is 20.9. The molecule has 3 N–H and O–H groups in total. The van der Waals surface area contributed by atoms with Crippen LogP contribution in [0, 0.1) is 17.0 Å². The summed E-state index contributed by atoms with van der Waals surface area (Å²) >= 11 is 0. The summed E-state index contributed by atoms with van der Waals surface area (Å²) in [5.74, 6) is 4.59. The lowest BCUT2D eigenvalue weighted by atomic mass is 10.2. The highest BCUT2D eigenvalue weighted by atomic mass is 16.6. The first kappa shape index (κ1) is 13.1. The van der Waals surface area contributed by atoms with Gasteiger partial charge >= 0.3 is 5.82 Å². The number of hydrazine groups is 1. The van der Waals surface area contributed by atoms with Crippen LogP contribution in [0.3, 0.4) is 0 Å². The molecule has 0 fully saturated rings. The molecule has 0 aromatic carbocycles. The maximum Gasteiger partial charge on any atom is 0.392 e. The number of carbonyl (C=O) groups is 1. The summed E-state index contributed by atoms with van der Waals surface area (Å²) in [7, 11) is 0. The van der Waals surface area contributed by atoms with E-state index >= 15 is 0 Å². The van der Waals surface area contributed by atoms with Gasteiger partial charge < -0.3 is 10.1 Å². The summed E-state index contributed by atoms with van der Waals surface area (Å²) < 4.78 is 1.52. The molecule has 1 aromatic heterocycles. The van der Waals surface area contributed by atoms with Crippen molar-refractivity contribution in [3.8, 4) is 0 Å². The Hall–Kier alpha value is -1.96. The van der Waals surface area contributed by atoms with Crippen LogP contribution >= 0.6 is 0 Å². The Morgan fingerprint density at radius 1 is 1.65 bits per heavy atom. The fourth-order valence-corrected chi connectivity index (χ4v) is 1.44. The Morgan fingerprint density at radius 3 is 2.88 bits per heavy atom. The van der Waals surface area contributed by atoms with Crippen LogP contribution in [-0.2, 0) is 11.3 Å². The number of rotatable bonds is 6. The standard InChI is InChI=1S/C9H15N5O3/c1-7-6-13(12-9(7)14(16)17)5-3-2-4-8(15)11-10/h6H,2-5,10H2,1H3,(H,11,15). The van der Waals surface area contributed by atoms with Gasteiger partial charge in [0.05, 0.1) is 23.4 Å². The quantitative estimate of drug-likeness (QED) is 0.243. The number of nitro groups is 1. The molecular weight excluding hydrogens is 226 g/mol. The van der Waals surface area contributed by atoms with Crippen LogP contribution in [0.25, 0.3) is 0 Å². The predicted octanol–water partition coefficient (Wildman–Crippen LogP) is 0.260. The molecule has 0 saturated carbocycles. The Kier molecular flexibility index (Phi) is 4.58. The second kappa shape index (κ2) is 5.94. The number of aryl methyl sites for hydroxylation is 2. The number of nitrogens with one attached hydrogen (secondary N) is 1. The molecule has 1 amide bonds. The molecule has 0 atom stereocenters. The fourth-order valence-electron chi connectivity index (χ4n) is 1.44. The van der Waals surface area contributed by atoms with Gasteiger partial charge in [0.1, 0.15) is 0 Å². The average molecular weight is 241 g/mol. The van der Waals surface area contributed by atoms with Crippen LogP contribution in [0.15, 0.2) is 6.20 Å². The topological polar surface area (TPSA) is 116 Å². The van der Waals surface area contributed by atoms with Crippen LogP contribution in [0.2, 0.25) is 0 Å². The van der Waals surface area contributed by atoms with Crippen LogP contribution in [0.1, 0.15) is 24.8 Å². The van der Waals surface area contributed by atoms with E-state index in [0.717, 1.165) is 0 Å². The predicted molar refractivity (Wildman–Crippen MR) is 59.8 cm³/mol. The van der Waals surface area contributed by atoms with Crippen molar-refractivity contribution in [3.63, 3.8) is 0 Å². The minimum atomic E-state index is -0.506. The zero-order valence-electron chi connectivity index (χ0n) is 9.55. The van der Waals surface area contributed by atoms with Gasteiger partial charge in [-0.3, -0.25) is 10.2 Å². The van der Waals surface area contributed by atoms with E-state index in [-0.39, 0.29) is 11.7 Å². The molecule has 0 spiro atoms. The summed E-state index contributed by atoms with van der Waals surface area (Å²) in [6.07, 6.45) is 3.35. The zero-order valence-corrected chi connectivity index (χ0v) is 9.55. The Balaban J connectivity index is 2.40. The van der Waals surface area contributed by atoms with E-state index in [9.17, 15) is 14.9 Å². The fraction of sp³-hybridized carbons (Fsp3) is 0.556. The molecule has 94 valence electrons. The third-order valence-corrected chi connectivity index (χ3v) is 2.29. The van der Waals surface area contributed by atoms with E-state index in [2.05, 4.69) is 5.10 Å². The van der Waals surface area contributed by atoms with E-state index in [4.69, 9.17) is 5.84 Å². The van der Waals surface area contributed by atoms with Crippen LogP contribution < -0.4 is 11.3 Å². The number of nitrogens with zero attached hydrogens (tertiary/aromatic N) is 3. The molecule has 0 unspecified atom stereocenters. The number of hydrogen-bond donors (Lipinski definition) is 2. The molecule has 1 rings (SSSR count). The third-order valence-electron chi connectivity index (χ3n) is 2.29. The van der Waals surface area contributed by atoms with Gasteiger partial charge in [0.25, 0.3) is 0 Å². The highest BCUT2D eigenvalue weighted by Gasteiger charge is 2.16. The molecule has 17 heavy (non-hydrogen) atoms. The van der Waals surface area contributed by atoms with Crippen molar-refractivity contribution in [2.45, 2.75) is 32.7 Å². The minimum Gasteiger partial charge on any atom is -0.358 e. The minimum absolute atomic E-state index is 0.121. The largest absolute Gasteiger partial charge is 0.392 e. The molecule has 0 bridgehead atoms. The Morgan fingerprint density at radius 2 is 2.35 bits per heavy atom. The van der Waals surface area contributed by atoms with E-state index in [1.165, 1.54) is 4.68 Å². The van der Waals surface area contributed by atoms with Gasteiger partial charge in [-0.2, -0.15) is 4.68 Å². The van der Waals surface area contributed by atoms with Gasteiger partial charge in [-0.25, -0.2) is 5.84 Å². The molecule has 1 aromatic rings. The van der Waals surface area contributed by atoms with Gasteiger partial charge in [0, 0.05) is 6.42 Å². The Bertz CT molecular complexity index is 415. The Labute approximate surface area is 97.9 Å². The van der Waals surface area contributed by atoms with Crippen molar-refractivity contribution < 1.29 is 9.72 Å². The zero-order chi connectivity index (χ0) is 12.8. The molecule has 0 aliphatic rings. The second-order valence-electron chi connectivity index (χ2n) is 3.68. The second-order valence-corrected chi connectivity index (χ2v) is 3.68. The molecule has 8 heteroatoms.